The first-order chi connectivity index (χ1) is 15.5. The van der Waals surface area contributed by atoms with Gasteiger partial charge in [-0.1, -0.05) is 47.1 Å². The van der Waals surface area contributed by atoms with Crippen LogP contribution >= 0.6 is 22.9 Å². The SMILES string of the molecule is COC1[C@@H](n2cc(-c3ncc(Cl)s3)nn2)[C@H]2OC(c3ccccc3)OCC2O[C@H]1C(C)=O. The van der Waals surface area contributed by atoms with Gasteiger partial charge in [-0.25, -0.2) is 9.67 Å². The van der Waals surface area contributed by atoms with Crippen molar-refractivity contribution in [2.24, 2.45) is 0 Å². The van der Waals surface area contributed by atoms with Gasteiger partial charge in [0.2, 0.25) is 0 Å². The van der Waals surface area contributed by atoms with Gasteiger partial charge in [0, 0.05) is 12.7 Å². The number of carbonyl (C=O) groups excluding carboxylic acids is 1. The topological polar surface area (TPSA) is 97.6 Å². The first-order valence-corrected chi connectivity index (χ1v) is 11.3. The second kappa shape index (κ2) is 8.97. The number of hydrogen-bond acceptors (Lipinski definition) is 9. The van der Waals surface area contributed by atoms with Gasteiger partial charge in [-0.2, -0.15) is 0 Å². The van der Waals surface area contributed by atoms with Crippen LogP contribution in [0.15, 0.2) is 42.7 Å². The van der Waals surface area contributed by atoms with E-state index in [4.69, 9.17) is 30.5 Å². The molecule has 0 N–H and O–H groups in total. The third-order valence-electron chi connectivity index (χ3n) is 5.61. The van der Waals surface area contributed by atoms with Crippen LogP contribution in [0, 0.1) is 0 Å². The molecule has 4 heterocycles. The zero-order chi connectivity index (χ0) is 22.2. The number of benzene rings is 1. The Kier molecular flexibility index (Phi) is 6.06. The lowest BCUT2D eigenvalue weighted by Gasteiger charge is -2.48. The molecule has 5 rings (SSSR count). The molecular formula is C21H21ClN4O5S. The molecule has 3 unspecified atom stereocenters. The molecule has 3 aromatic rings. The molecule has 2 aliphatic rings. The normalized spacial score (nSPS) is 30.1. The van der Waals surface area contributed by atoms with Crippen LogP contribution in [0.5, 0.6) is 0 Å². The Bertz CT molecular complexity index is 1090. The summed E-state index contributed by atoms with van der Waals surface area (Å²) in [7, 11) is 1.55. The Balaban J connectivity index is 1.51. The number of nitrogens with zero attached hydrogens (tertiary/aromatic N) is 4. The number of halogens is 1. The number of rotatable bonds is 5. The molecule has 32 heavy (non-hydrogen) atoms. The van der Waals surface area contributed by atoms with E-state index in [1.165, 1.54) is 18.3 Å². The molecule has 0 saturated carbocycles. The first kappa shape index (κ1) is 21.6. The lowest BCUT2D eigenvalue weighted by molar-refractivity contribution is -0.314. The standard InChI is InChI=1S/C21H21ClN4O5S/c1-11(27)17-19(28-2)16(26-9-13(24-25-26)20-23-8-15(22)32-20)18-14(30-17)10-29-21(31-18)12-6-4-3-5-7-12/h3-9,14,16-19,21H,10H2,1-2H3/t14?,16-,17-,18-,19?,21?/m0/s1. The lowest BCUT2D eigenvalue weighted by atomic mass is 9.90. The summed E-state index contributed by atoms with van der Waals surface area (Å²) in [5.74, 6) is -0.141. The van der Waals surface area contributed by atoms with Crippen molar-refractivity contribution < 1.29 is 23.7 Å². The molecule has 9 nitrogen and oxygen atoms in total. The summed E-state index contributed by atoms with van der Waals surface area (Å²) in [4.78, 5) is 16.6. The van der Waals surface area contributed by atoms with Gasteiger partial charge in [0.25, 0.3) is 0 Å². The molecule has 2 aromatic heterocycles. The fourth-order valence-electron chi connectivity index (χ4n) is 4.17. The van der Waals surface area contributed by atoms with Gasteiger partial charge < -0.3 is 18.9 Å². The molecule has 6 atom stereocenters. The number of methoxy groups -OCH3 is 1. The summed E-state index contributed by atoms with van der Waals surface area (Å²) < 4.78 is 26.3. The van der Waals surface area contributed by atoms with Crippen LogP contribution in [0.3, 0.4) is 0 Å². The second-order valence-corrected chi connectivity index (χ2v) is 9.29. The number of hydrogen-bond donors (Lipinski definition) is 0. The molecule has 0 bridgehead atoms. The van der Waals surface area contributed by atoms with E-state index in [1.54, 1.807) is 24.2 Å². The number of aromatic nitrogens is 4. The van der Waals surface area contributed by atoms with Crippen LogP contribution in [0.1, 0.15) is 24.8 Å². The molecule has 0 amide bonds. The molecule has 2 saturated heterocycles. The van der Waals surface area contributed by atoms with Crippen molar-refractivity contribution in [3.05, 3.63) is 52.6 Å². The van der Waals surface area contributed by atoms with Crippen LogP contribution in [0.4, 0.5) is 0 Å². The molecular weight excluding hydrogens is 456 g/mol. The van der Waals surface area contributed by atoms with Crippen molar-refractivity contribution in [3.8, 4) is 10.7 Å². The average molecular weight is 477 g/mol. The zero-order valence-electron chi connectivity index (χ0n) is 17.3. The maximum absolute atomic E-state index is 12.4. The molecule has 168 valence electrons. The molecule has 2 fully saturated rings. The van der Waals surface area contributed by atoms with Crippen molar-refractivity contribution >= 4 is 28.7 Å². The highest BCUT2D eigenvalue weighted by molar-refractivity contribution is 7.18. The number of fused-ring (bicyclic) bond motifs is 1. The number of thiazole rings is 1. The Hall–Kier alpha value is -2.21. The van der Waals surface area contributed by atoms with E-state index in [1.807, 2.05) is 30.3 Å². The number of ketones is 1. The molecule has 0 aliphatic carbocycles. The van der Waals surface area contributed by atoms with Crippen molar-refractivity contribution in [1.82, 2.24) is 20.0 Å². The summed E-state index contributed by atoms with van der Waals surface area (Å²) in [5.41, 5.74) is 1.47. The second-order valence-electron chi connectivity index (χ2n) is 7.63. The molecule has 1 aromatic carbocycles. The zero-order valence-corrected chi connectivity index (χ0v) is 18.9. The average Bonchev–Trinajstić information content (AvgIpc) is 3.47. The fourth-order valence-corrected chi connectivity index (χ4v) is 5.03. The van der Waals surface area contributed by atoms with Gasteiger partial charge in [0.15, 0.2) is 12.1 Å². The quantitative estimate of drug-likeness (QED) is 0.554. The highest BCUT2D eigenvalue weighted by Crippen LogP contribution is 2.40. The highest BCUT2D eigenvalue weighted by Gasteiger charge is 2.52. The van der Waals surface area contributed by atoms with Crippen molar-refractivity contribution in [2.45, 2.75) is 43.7 Å². The van der Waals surface area contributed by atoms with E-state index in [0.29, 0.717) is 15.0 Å². The van der Waals surface area contributed by atoms with Gasteiger partial charge in [0.1, 0.15) is 45.5 Å². The highest BCUT2D eigenvalue weighted by atomic mass is 35.5. The monoisotopic (exact) mass is 476 g/mol. The molecule has 11 heteroatoms. The number of ether oxygens (including phenoxy) is 4. The van der Waals surface area contributed by atoms with E-state index in [9.17, 15) is 4.79 Å². The summed E-state index contributed by atoms with van der Waals surface area (Å²) >= 11 is 7.33. The van der Waals surface area contributed by atoms with Gasteiger partial charge in [-0.05, 0) is 6.92 Å². The van der Waals surface area contributed by atoms with Gasteiger partial charge in [-0.3, -0.25) is 4.79 Å². The Morgan fingerprint density at radius 2 is 2.09 bits per heavy atom. The first-order valence-electron chi connectivity index (χ1n) is 10.1. The minimum Gasteiger partial charge on any atom is -0.376 e. The van der Waals surface area contributed by atoms with E-state index >= 15 is 0 Å². The predicted octanol–water partition coefficient (Wildman–Crippen LogP) is 3.08. The summed E-state index contributed by atoms with van der Waals surface area (Å²) in [6.07, 6.45) is 0.399. The van der Waals surface area contributed by atoms with Gasteiger partial charge in [0.05, 0.1) is 19.0 Å². The molecule has 0 radical (unpaired) electrons. The van der Waals surface area contributed by atoms with Crippen LogP contribution in [-0.4, -0.2) is 63.9 Å². The summed E-state index contributed by atoms with van der Waals surface area (Å²) in [5, 5.41) is 9.24. The predicted molar refractivity (Wildman–Crippen MR) is 115 cm³/mol. The number of Topliss-reactive ketones (excluding diaryl/α,β-unsaturated/α-hetero) is 1. The van der Waals surface area contributed by atoms with Crippen molar-refractivity contribution in [3.63, 3.8) is 0 Å². The molecule has 0 spiro atoms. The van der Waals surface area contributed by atoms with Crippen LogP contribution in [-0.2, 0) is 23.7 Å². The van der Waals surface area contributed by atoms with Crippen LogP contribution in [0.2, 0.25) is 4.34 Å². The maximum atomic E-state index is 12.4. The fraction of sp³-hybridized carbons (Fsp3) is 0.429. The summed E-state index contributed by atoms with van der Waals surface area (Å²) in [6, 6.07) is 9.19. The minimum absolute atomic E-state index is 0.141. The Morgan fingerprint density at radius 1 is 1.28 bits per heavy atom. The number of carbonyl (C=O) groups is 1. The van der Waals surface area contributed by atoms with Crippen molar-refractivity contribution in [2.75, 3.05) is 13.7 Å². The van der Waals surface area contributed by atoms with Crippen LogP contribution < -0.4 is 0 Å². The third kappa shape index (κ3) is 3.98. The Labute approximate surface area is 193 Å². The molecule has 2 aliphatic heterocycles. The van der Waals surface area contributed by atoms with Crippen LogP contribution in [0.25, 0.3) is 10.7 Å². The Morgan fingerprint density at radius 3 is 2.78 bits per heavy atom. The summed E-state index contributed by atoms with van der Waals surface area (Å²) in [6.45, 7) is 1.75. The van der Waals surface area contributed by atoms with E-state index in [2.05, 4.69) is 15.3 Å². The lowest BCUT2D eigenvalue weighted by Crippen LogP contribution is -2.61. The van der Waals surface area contributed by atoms with E-state index in [-0.39, 0.29) is 12.4 Å². The van der Waals surface area contributed by atoms with Crippen molar-refractivity contribution in [1.29, 1.82) is 0 Å². The minimum atomic E-state index is -0.784. The van der Waals surface area contributed by atoms with Gasteiger partial charge in [-0.15, -0.1) is 16.4 Å². The van der Waals surface area contributed by atoms with E-state index in [0.717, 1.165) is 5.56 Å². The van der Waals surface area contributed by atoms with Gasteiger partial charge >= 0.3 is 0 Å². The smallest absolute Gasteiger partial charge is 0.184 e. The van der Waals surface area contributed by atoms with E-state index < -0.39 is 36.7 Å². The maximum Gasteiger partial charge on any atom is 0.184 e. The largest absolute Gasteiger partial charge is 0.376 e. The third-order valence-corrected chi connectivity index (χ3v) is 6.75.